The van der Waals surface area contributed by atoms with Crippen molar-refractivity contribution in [2.45, 2.75) is 48.2 Å². The second-order valence-electron chi connectivity index (χ2n) is 7.57. The molecule has 0 heterocycles. The van der Waals surface area contributed by atoms with Gasteiger partial charge in [-0.1, -0.05) is 18.2 Å². The average Bonchev–Trinajstić information content (AvgIpc) is 2.65. The molecule has 1 saturated carbocycles. The van der Waals surface area contributed by atoms with Crippen molar-refractivity contribution >= 4 is 15.6 Å². The van der Waals surface area contributed by atoms with E-state index in [0.29, 0.717) is 12.5 Å². The number of Topliss-reactive ketones (excluding diaryl/α,β-unsaturated/α-hetero) is 1. The minimum absolute atomic E-state index is 0.0480. The monoisotopic (exact) mass is 464 g/mol. The van der Waals surface area contributed by atoms with E-state index in [-0.39, 0.29) is 41.4 Å². The predicted octanol–water partition coefficient (Wildman–Crippen LogP) is 5.94. The number of carbonyl (C=O) groups is 1. The molecule has 3 nitrogen and oxygen atoms in total. The van der Waals surface area contributed by atoms with E-state index >= 15 is 0 Å². The number of halogens is 6. The summed E-state index contributed by atoms with van der Waals surface area (Å²) in [6, 6.07) is 7.47. The fourth-order valence-corrected chi connectivity index (χ4v) is 5.53. The fourth-order valence-electron chi connectivity index (χ4n) is 3.53. The van der Waals surface area contributed by atoms with Gasteiger partial charge in [0.2, 0.25) is 0 Å². The lowest BCUT2D eigenvalue weighted by molar-refractivity contribution is -0.138. The third-order valence-electron chi connectivity index (χ3n) is 5.44. The second kappa shape index (κ2) is 8.29. The van der Waals surface area contributed by atoms with Gasteiger partial charge in [0, 0.05) is 12.0 Å². The van der Waals surface area contributed by atoms with Gasteiger partial charge in [-0.25, -0.2) is 8.42 Å². The summed E-state index contributed by atoms with van der Waals surface area (Å²) < 4.78 is 101. The van der Waals surface area contributed by atoms with E-state index in [4.69, 9.17) is 0 Å². The summed E-state index contributed by atoms with van der Waals surface area (Å²) in [5.74, 6) is -0.443. The van der Waals surface area contributed by atoms with Gasteiger partial charge < -0.3 is 0 Å². The molecule has 1 aliphatic rings. The van der Waals surface area contributed by atoms with Gasteiger partial charge in [0.1, 0.15) is 0 Å². The number of carbonyl (C=O) groups excluding carboxylic acids is 1. The van der Waals surface area contributed by atoms with Gasteiger partial charge in [-0.15, -0.1) is 0 Å². The van der Waals surface area contributed by atoms with Crippen LogP contribution in [-0.2, 0) is 22.2 Å². The summed E-state index contributed by atoms with van der Waals surface area (Å²) in [5, 5.41) is -0.817. The first-order valence-electron chi connectivity index (χ1n) is 9.40. The van der Waals surface area contributed by atoms with Gasteiger partial charge in [-0.05, 0) is 55.5 Å². The van der Waals surface area contributed by atoms with Crippen LogP contribution < -0.4 is 0 Å². The zero-order valence-corrected chi connectivity index (χ0v) is 16.8. The normalized spacial score (nSPS) is 19.7. The highest BCUT2D eigenvalue weighted by Gasteiger charge is 2.40. The van der Waals surface area contributed by atoms with Crippen molar-refractivity contribution in [1.29, 1.82) is 0 Å². The number of hydrogen-bond donors (Lipinski definition) is 0. The van der Waals surface area contributed by atoms with Crippen molar-refractivity contribution in [2.24, 2.45) is 5.92 Å². The van der Waals surface area contributed by atoms with Crippen LogP contribution in [0.5, 0.6) is 0 Å². The first-order valence-corrected chi connectivity index (χ1v) is 10.9. The molecule has 0 saturated heterocycles. The van der Waals surface area contributed by atoms with Gasteiger partial charge >= 0.3 is 12.4 Å². The van der Waals surface area contributed by atoms with Gasteiger partial charge in [-0.3, -0.25) is 4.79 Å². The summed E-state index contributed by atoms with van der Waals surface area (Å²) in [7, 11) is -3.92. The van der Waals surface area contributed by atoms with Crippen LogP contribution in [0.4, 0.5) is 26.3 Å². The Morgan fingerprint density at radius 2 is 1.45 bits per heavy atom. The molecule has 0 atom stereocenters. The Morgan fingerprint density at radius 1 is 0.871 bits per heavy atom. The van der Waals surface area contributed by atoms with Crippen molar-refractivity contribution in [3.8, 4) is 0 Å². The van der Waals surface area contributed by atoms with Gasteiger partial charge in [0.05, 0.1) is 21.3 Å². The number of benzene rings is 2. The Morgan fingerprint density at radius 3 is 2.00 bits per heavy atom. The van der Waals surface area contributed by atoms with Crippen LogP contribution in [0.2, 0.25) is 0 Å². The molecule has 2 aromatic rings. The lowest BCUT2D eigenvalue weighted by Gasteiger charge is -2.34. The zero-order chi connectivity index (χ0) is 23.0. The van der Waals surface area contributed by atoms with Crippen molar-refractivity contribution in [3.05, 3.63) is 65.2 Å². The molecule has 0 amide bonds. The van der Waals surface area contributed by atoms with E-state index in [1.807, 2.05) is 0 Å². The summed E-state index contributed by atoms with van der Waals surface area (Å²) in [5.41, 5.74) is -1.75. The smallest absolute Gasteiger partial charge is 0.294 e. The predicted molar refractivity (Wildman–Crippen MR) is 100 cm³/mol. The minimum Gasteiger partial charge on any atom is -0.294 e. The van der Waals surface area contributed by atoms with Crippen molar-refractivity contribution in [2.75, 3.05) is 0 Å². The molecule has 0 unspecified atom stereocenters. The highest BCUT2D eigenvalue weighted by Crippen LogP contribution is 2.40. The van der Waals surface area contributed by atoms with Crippen molar-refractivity contribution in [1.82, 2.24) is 0 Å². The van der Waals surface area contributed by atoms with Crippen LogP contribution >= 0.6 is 0 Å². The molecule has 0 bridgehead atoms. The van der Waals surface area contributed by atoms with Crippen molar-refractivity contribution < 1.29 is 39.6 Å². The maximum Gasteiger partial charge on any atom is 0.416 e. The number of sulfone groups is 1. The molecular weight excluding hydrogens is 446 g/mol. The second-order valence-corrected chi connectivity index (χ2v) is 9.80. The Hall–Kier alpha value is -2.36. The highest BCUT2D eigenvalue weighted by atomic mass is 32.2. The van der Waals surface area contributed by atoms with E-state index in [2.05, 4.69) is 0 Å². The van der Waals surface area contributed by atoms with Crippen LogP contribution in [-0.4, -0.2) is 19.5 Å². The first-order chi connectivity index (χ1) is 14.3. The summed E-state index contributed by atoms with van der Waals surface area (Å²) in [6.45, 7) is 0. The van der Waals surface area contributed by atoms with Crippen LogP contribution in [0, 0.1) is 5.92 Å². The highest BCUT2D eigenvalue weighted by molar-refractivity contribution is 7.92. The number of rotatable bonds is 6. The van der Waals surface area contributed by atoms with E-state index in [9.17, 15) is 39.6 Å². The molecule has 31 heavy (non-hydrogen) atoms. The van der Waals surface area contributed by atoms with Crippen LogP contribution in [0.3, 0.4) is 0 Å². The Kier molecular flexibility index (Phi) is 6.23. The van der Waals surface area contributed by atoms with Gasteiger partial charge in [0.25, 0.3) is 0 Å². The molecule has 168 valence electrons. The molecule has 0 radical (unpaired) electrons. The van der Waals surface area contributed by atoms with E-state index < -0.39 is 38.6 Å². The molecule has 1 fully saturated rings. The minimum atomic E-state index is -4.65. The van der Waals surface area contributed by atoms with Crippen LogP contribution in [0.25, 0.3) is 0 Å². The fraction of sp³-hybridized carbons (Fsp3) is 0.381. The number of ketones is 1. The van der Waals surface area contributed by atoms with Crippen molar-refractivity contribution in [3.63, 3.8) is 0 Å². The molecule has 0 N–H and O–H groups in total. The standard InChI is InChI=1S/C21H18F6O3S/c22-20(23,24)15-7-5-14(6-8-15)19(28)9-4-13-10-18(11-13)31(29,30)17-3-1-2-16(12-17)21(25,26)27/h1-3,5-8,12-13,18H,4,9-11H2. The molecule has 10 heteroatoms. The first kappa shape index (κ1) is 23.3. The van der Waals surface area contributed by atoms with Crippen LogP contribution in [0.1, 0.15) is 47.2 Å². The quantitative estimate of drug-likeness (QED) is 0.393. The number of hydrogen-bond acceptors (Lipinski definition) is 3. The molecule has 0 aliphatic heterocycles. The molecule has 2 aromatic carbocycles. The molecule has 0 spiro atoms. The summed E-state index contributed by atoms with van der Waals surface area (Å²) in [6.07, 6.45) is -8.29. The average molecular weight is 464 g/mol. The number of alkyl halides is 6. The van der Waals surface area contributed by atoms with E-state index in [1.165, 1.54) is 0 Å². The van der Waals surface area contributed by atoms with E-state index in [1.54, 1.807) is 0 Å². The van der Waals surface area contributed by atoms with Crippen LogP contribution in [0.15, 0.2) is 53.4 Å². The zero-order valence-electron chi connectivity index (χ0n) is 16.0. The molecule has 3 rings (SSSR count). The molecule has 0 aromatic heterocycles. The largest absolute Gasteiger partial charge is 0.416 e. The maximum absolute atomic E-state index is 12.8. The lowest BCUT2D eigenvalue weighted by Crippen LogP contribution is -2.36. The Bertz CT molecular complexity index is 1050. The summed E-state index contributed by atoms with van der Waals surface area (Å²) >= 11 is 0. The maximum atomic E-state index is 12.8. The molecule has 1 aliphatic carbocycles. The Labute approximate surface area is 175 Å². The third-order valence-corrected chi connectivity index (χ3v) is 7.61. The SMILES string of the molecule is O=C(CCC1CC(S(=O)(=O)c2cccc(C(F)(F)F)c2)C1)c1ccc(C(F)(F)F)cc1. The lowest BCUT2D eigenvalue weighted by atomic mass is 9.80. The van der Waals surface area contributed by atoms with Gasteiger partial charge in [0.15, 0.2) is 15.6 Å². The van der Waals surface area contributed by atoms with Gasteiger partial charge in [-0.2, -0.15) is 26.3 Å². The topological polar surface area (TPSA) is 51.2 Å². The molecular formula is C21H18F6O3S. The summed E-state index contributed by atoms with van der Waals surface area (Å²) in [4.78, 5) is 11.8. The Balaban J connectivity index is 1.55. The van der Waals surface area contributed by atoms with E-state index in [0.717, 1.165) is 42.5 Å². The third kappa shape index (κ3) is 5.28.